The Morgan fingerprint density at radius 1 is 1.18 bits per heavy atom. The van der Waals surface area contributed by atoms with Crippen LogP contribution in [0.2, 0.25) is 0 Å². The Bertz CT molecular complexity index is 982. The lowest BCUT2D eigenvalue weighted by molar-refractivity contribution is 0.0523. The van der Waals surface area contributed by atoms with Crippen LogP contribution in [0.25, 0.3) is 12.2 Å². The molecule has 6 nitrogen and oxygen atoms in total. The zero-order chi connectivity index (χ0) is 18.9. The molecule has 0 radical (unpaired) electrons. The number of fused-ring (bicyclic) bond motifs is 3. The largest absolute Gasteiger partial charge is 0.459 e. The lowest BCUT2D eigenvalue weighted by Crippen LogP contribution is -2.45. The van der Waals surface area contributed by atoms with Crippen molar-refractivity contribution in [2.45, 2.75) is 44.9 Å². The van der Waals surface area contributed by atoms with E-state index in [2.05, 4.69) is 21.7 Å². The van der Waals surface area contributed by atoms with Crippen molar-refractivity contribution in [2.75, 3.05) is 13.1 Å². The first-order valence-electron chi connectivity index (χ1n) is 10.2. The van der Waals surface area contributed by atoms with Gasteiger partial charge in [-0.25, -0.2) is 4.79 Å². The topological polar surface area (TPSA) is 56.6 Å². The minimum absolute atomic E-state index is 0.0767. The molecule has 2 unspecified atom stereocenters. The van der Waals surface area contributed by atoms with Crippen molar-refractivity contribution < 1.29 is 14.3 Å². The van der Waals surface area contributed by atoms with Crippen LogP contribution in [0.5, 0.6) is 6.01 Å². The number of hydrogen-bond donors (Lipinski definition) is 0. The molecule has 3 aliphatic rings. The van der Waals surface area contributed by atoms with Gasteiger partial charge in [0.25, 0.3) is 6.01 Å². The minimum atomic E-state index is -0.232. The molecular weight excluding hydrogens is 354 g/mol. The van der Waals surface area contributed by atoms with Crippen LogP contribution < -0.4 is 15.4 Å². The number of ether oxygens (including phenoxy) is 2. The van der Waals surface area contributed by atoms with Gasteiger partial charge in [0.05, 0.1) is 17.2 Å². The smallest absolute Gasteiger partial charge is 0.410 e. The lowest BCUT2D eigenvalue weighted by Gasteiger charge is -2.34. The highest BCUT2D eigenvalue weighted by Crippen LogP contribution is 2.28. The Kier molecular flexibility index (Phi) is 4.55. The van der Waals surface area contributed by atoms with Crippen LogP contribution in [0.3, 0.4) is 0 Å². The van der Waals surface area contributed by atoms with E-state index < -0.39 is 0 Å². The molecule has 6 heteroatoms. The maximum atomic E-state index is 12.5. The first-order valence-corrected chi connectivity index (χ1v) is 10.2. The zero-order valence-corrected chi connectivity index (χ0v) is 15.9. The summed E-state index contributed by atoms with van der Waals surface area (Å²) in [6.07, 6.45) is 8.44. The quantitative estimate of drug-likeness (QED) is 0.819. The van der Waals surface area contributed by atoms with E-state index in [1.54, 1.807) is 0 Å². The average Bonchev–Trinajstić information content (AvgIpc) is 3.31. The normalized spacial score (nSPS) is 23.1. The Morgan fingerprint density at radius 3 is 2.93 bits per heavy atom. The van der Waals surface area contributed by atoms with Gasteiger partial charge >= 0.3 is 6.09 Å². The molecule has 1 aromatic heterocycles. The van der Waals surface area contributed by atoms with E-state index in [0.29, 0.717) is 19.1 Å². The summed E-state index contributed by atoms with van der Waals surface area (Å²) in [7, 11) is 0. The third-order valence-corrected chi connectivity index (χ3v) is 5.91. The Labute approximate surface area is 164 Å². The highest BCUT2D eigenvalue weighted by atomic mass is 16.6. The molecule has 2 aliphatic heterocycles. The third-order valence-electron chi connectivity index (χ3n) is 5.91. The Morgan fingerprint density at radius 2 is 2.04 bits per heavy atom. The van der Waals surface area contributed by atoms with Gasteiger partial charge in [0.15, 0.2) is 0 Å². The highest BCUT2D eigenvalue weighted by Gasteiger charge is 2.36. The van der Waals surface area contributed by atoms with Crippen LogP contribution in [0.1, 0.15) is 31.2 Å². The van der Waals surface area contributed by atoms with E-state index in [9.17, 15) is 4.79 Å². The van der Waals surface area contributed by atoms with E-state index in [4.69, 9.17) is 9.47 Å². The van der Waals surface area contributed by atoms with E-state index in [-0.39, 0.29) is 12.2 Å². The molecule has 0 saturated carbocycles. The van der Waals surface area contributed by atoms with Gasteiger partial charge in [0.1, 0.15) is 12.7 Å². The van der Waals surface area contributed by atoms with Crippen LogP contribution >= 0.6 is 0 Å². The van der Waals surface area contributed by atoms with E-state index >= 15 is 0 Å². The molecular formula is C22H25N3O3. The van der Waals surface area contributed by atoms with Crippen molar-refractivity contribution in [3.63, 3.8) is 0 Å². The molecule has 1 aromatic carbocycles. The lowest BCUT2D eigenvalue weighted by atomic mass is 9.92. The number of rotatable bonds is 3. The fourth-order valence-corrected chi connectivity index (χ4v) is 4.42. The van der Waals surface area contributed by atoms with Gasteiger partial charge in [-0.2, -0.15) is 4.98 Å². The summed E-state index contributed by atoms with van der Waals surface area (Å²) in [6.45, 7) is 2.56. The molecule has 0 N–H and O–H groups in total. The summed E-state index contributed by atoms with van der Waals surface area (Å²) in [5, 5.41) is 2.24. The summed E-state index contributed by atoms with van der Waals surface area (Å²) < 4.78 is 13.9. The number of amides is 1. The molecule has 1 fully saturated rings. The second kappa shape index (κ2) is 7.34. The molecule has 5 rings (SSSR count). The van der Waals surface area contributed by atoms with E-state index in [1.807, 2.05) is 35.2 Å². The van der Waals surface area contributed by atoms with E-state index in [1.165, 1.54) is 5.35 Å². The van der Waals surface area contributed by atoms with Crippen molar-refractivity contribution in [3.05, 3.63) is 46.6 Å². The van der Waals surface area contributed by atoms with Gasteiger partial charge in [-0.1, -0.05) is 42.5 Å². The molecule has 0 spiro atoms. The first kappa shape index (κ1) is 17.3. The predicted octanol–water partition coefficient (Wildman–Crippen LogP) is 2.05. The predicted molar refractivity (Wildman–Crippen MR) is 105 cm³/mol. The van der Waals surface area contributed by atoms with Crippen LogP contribution in [-0.2, 0) is 17.9 Å². The number of carbonyl (C=O) groups is 1. The minimum Gasteiger partial charge on any atom is -0.459 e. The van der Waals surface area contributed by atoms with Crippen molar-refractivity contribution in [2.24, 2.45) is 5.92 Å². The van der Waals surface area contributed by atoms with Crippen molar-refractivity contribution >= 4 is 18.2 Å². The zero-order valence-electron chi connectivity index (χ0n) is 15.9. The van der Waals surface area contributed by atoms with Crippen LogP contribution in [-0.4, -0.2) is 39.7 Å². The standard InChI is InChI=1S/C22H25N3O3/c26-22(27-15-16-7-2-1-3-8-16)24-12-6-9-17(13-24)20-14-25-19-11-5-4-10-18(19)23-21(25)28-20/h1-3,7-8,10-11,17,20H,4-6,9,12-15H2. The van der Waals surface area contributed by atoms with Gasteiger partial charge in [-0.15, -0.1) is 0 Å². The van der Waals surface area contributed by atoms with Crippen LogP contribution in [0.15, 0.2) is 30.3 Å². The van der Waals surface area contributed by atoms with Gasteiger partial charge in [-0.3, -0.25) is 4.57 Å². The molecule has 1 amide bonds. The van der Waals surface area contributed by atoms with Gasteiger partial charge < -0.3 is 14.4 Å². The summed E-state index contributed by atoms with van der Waals surface area (Å²) in [5.41, 5.74) is 1.01. The summed E-state index contributed by atoms with van der Waals surface area (Å²) >= 11 is 0. The number of likely N-dealkylation sites (tertiary alicyclic amines) is 1. The van der Waals surface area contributed by atoms with Crippen molar-refractivity contribution in [1.29, 1.82) is 0 Å². The molecule has 146 valence electrons. The summed E-state index contributed by atoms with van der Waals surface area (Å²) in [5.74, 6) is 0.308. The molecule has 2 aromatic rings. The Hall–Kier alpha value is -2.76. The molecule has 0 bridgehead atoms. The van der Waals surface area contributed by atoms with Gasteiger partial charge in [0, 0.05) is 19.0 Å². The van der Waals surface area contributed by atoms with Gasteiger partial charge in [0.2, 0.25) is 0 Å². The number of hydrogen-bond acceptors (Lipinski definition) is 4. The average molecular weight is 379 g/mol. The number of piperidine rings is 1. The van der Waals surface area contributed by atoms with Crippen LogP contribution in [0, 0.1) is 5.92 Å². The SMILES string of the molecule is O=C(OCc1ccccc1)N1CCCC(C2Cn3c(nc4c3=CCCC=4)O2)C1. The van der Waals surface area contributed by atoms with Crippen LogP contribution in [0.4, 0.5) is 4.79 Å². The fraction of sp³-hybridized carbons (Fsp3) is 0.455. The van der Waals surface area contributed by atoms with Gasteiger partial charge in [-0.05, 0) is 31.2 Å². The monoisotopic (exact) mass is 379 g/mol. The summed E-state index contributed by atoms with van der Waals surface area (Å²) in [6, 6.07) is 10.5. The second-order valence-corrected chi connectivity index (χ2v) is 7.81. The number of nitrogens with zero attached hydrogens (tertiary/aromatic N) is 3. The molecule has 1 saturated heterocycles. The second-order valence-electron chi connectivity index (χ2n) is 7.81. The van der Waals surface area contributed by atoms with E-state index in [0.717, 1.165) is 55.7 Å². The fourth-order valence-electron chi connectivity index (χ4n) is 4.42. The molecule has 28 heavy (non-hydrogen) atoms. The number of aromatic nitrogens is 2. The number of imidazole rings is 1. The summed E-state index contributed by atoms with van der Waals surface area (Å²) in [4.78, 5) is 19.0. The first-order chi connectivity index (χ1) is 13.8. The maximum Gasteiger partial charge on any atom is 0.410 e. The molecule has 3 heterocycles. The van der Waals surface area contributed by atoms with Crippen molar-refractivity contribution in [1.82, 2.24) is 14.5 Å². The molecule has 1 aliphatic carbocycles. The number of carbonyl (C=O) groups excluding carboxylic acids is 1. The highest BCUT2D eigenvalue weighted by molar-refractivity contribution is 5.67. The Balaban J connectivity index is 1.21. The third kappa shape index (κ3) is 3.28. The maximum absolute atomic E-state index is 12.5. The number of benzene rings is 1. The molecule has 2 atom stereocenters. The van der Waals surface area contributed by atoms with Crippen molar-refractivity contribution in [3.8, 4) is 6.01 Å².